The van der Waals surface area contributed by atoms with Crippen LogP contribution in [0.1, 0.15) is 10.4 Å². The monoisotopic (exact) mass is 355 g/mol. The molecule has 0 aliphatic carbocycles. The fraction of sp³-hybridized carbons (Fsp3) is 0.0455. The van der Waals surface area contributed by atoms with Crippen molar-refractivity contribution in [2.75, 3.05) is 12.4 Å². The highest BCUT2D eigenvalue weighted by atomic mass is 16.5. The van der Waals surface area contributed by atoms with Gasteiger partial charge >= 0.3 is 0 Å². The van der Waals surface area contributed by atoms with Crippen molar-refractivity contribution < 1.29 is 9.53 Å². The van der Waals surface area contributed by atoms with Crippen molar-refractivity contribution in [1.29, 1.82) is 0 Å². The Morgan fingerprint density at radius 1 is 0.852 bits per heavy atom. The topological polar surface area (TPSA) is 64.1 Å². The Bertz CT molecular complexity index is 1090. The molecule has 0 atom stereocenters. The maximum atomic E-state index is 12.7. The van der Waals surface area contributed by atoms with Crippen molar-refractivity contribution in [3.05, 3.63) is 84.4 Å². The minimum absolute atomic E-state index is 0.135. The lowest BCUT2D eigenvalue weighted by molar-refractivity contribution is 0.102. The fourth-order valence-electron chi connectivity index (χ4n) is 2.93. The molecule has 0 saturated carbocycles. The zero-order valence-electron chi connectivity index (χ0n) is 14.7. The van der Waals surface area contributed by atoms with E-state index in [-0.39, 0.29) is 5.91 Å². The van der Waals surface area contributed by atoms with Crippen molar-refractivity contribution in [1.82, 2.24) is 10.2 Å². The molecule has 1 heterocycles. The first-order chi connectivity index (χ1) is 13.2. The number of hydrogen-bond acceptors (Lipinski definition) is 4. The molecule has 27 heavy (non-hydrogen) atoms. The Balaban J connectivity index is 1.54. The molecule has 0 aliphatic heterocycles. The lowest BCUT2D eigenvalue weighted by Crippen LogP contribution is -2.12. The van der Waals surface area contributed by atoms with Gasteiger partial charge in [-0.2, -0.15) is 0 Å². The molecule has 0 unspecified atom stereocenters. The molecule has 132 valence electrons. The van der Waals surface area contributed by atoms with Crippen molar-refractivity contribution in [2.45, 2.75) is 0 Å². The smallest absolute Gasteiger partial charge is 0.256 e. The maximum absolute atomic E-state index is 12.7. The number of aromatic nitrogens is 2. The highest BCUT2D eigenvalue weighted by Gasteiger charge is 2.10. The number of carbonyl (C=O) groups is 1. The molecule has 0 radical (unpaired) electrons. The third-order valence-electron chi connectivity index (χ3n) is 4.32. The van der Waals surface area contributed by atoms with Crippen LogP contribution in [-0.2, 0) is 0 Å². The van der Waals surface area contributed by atoms with Crippen LogP contribution in [0.4, 0.5) is 5.69 Å². The van der Waals surface area contributed by atoms with Gasteiger partial charge in [0.2, 0.25) is 5.88 Å². The molecule has 4 rings (SSSR count). The number of anilines is 1. The number of methoxy groups -OCH3 is 1. The highest BCUT2D eigenvalue weighted by Crippen LogP contribution is 2.22. The second-order valence-electron chi connectivity index (χ2n) is 6.02. The Morgan fingerprint density at radius 3 is 2.37 bits per heavy atom. The van der Waals surface area contributed by atoms with Gasteiger partial charge in [-0.15, -0.1) is 10.2 Å². The second-order valence-corrected chi connectivity index (χ2v) is 6.02. The van der Waals surface area contributed by atoms with E-state index < -0.39 is 0 Å². The van der Waals surface area contributed by atoms with E-state index >= 15 is 0 Å². The number of amides is 1. The van der Waals surface area contributed by atoms with Gasteiger partial charge in [-0.1, -0.05) is 48.5 Å². The van der Waals surface area contributed by atoms with Crippen LogP contribution in [0.2, 0.25) is 0 Å². The van der Waals surface area contributed by atoms with Crippen molar-refractivity contribution in [3.8, 4) is 17.1 Å². The lowest BCUT2D eigenvalue weighted by atomic mass is 10.0. The van der Waals surface area contributed by atoms with Gasteiger partial charge in [-0.3, -0.25) is 4.79 Å². The summed E-state index contributed by atoms with van der Waals surface area (Å²) in [5.74, 6) is 0.335. The van der Waals surface area contributed by atoms with E-state index in [9.17, 15) is 4.79 Å². The maximum Gasteiger partial charge on any atom is 0.256 e. The van der Waals surface area contributed by atoms with Crippen LogP contribution in [-0.4, -0.2) is 23.2 Å². The van der Waals surface area contributed by atoms with E-state index in [4.69, 9.17) is 4.74 Å². The highest BCUT2D eigenvalue weighted by molar-refractivity contribution is 6.12. The standard InChI is InChI=1S/C22H17N3O2/c1-27-21-14-13-20(24-25-21)16-9-11-17(12-10-16)23-22(26)19-8-4-6-15-5-2-3-7-18(15)19/h2-14H,1H3,(H,23,26). The molecule has 0 saturated heterocycles. The number of ether oxygens (including phenoxy) is 1. The largest absolute Gasteiger partial charge is 0.480 e. The molecule has 1 N–H and O–H groups in total. The van der Waals surface area contributed by atoms with Crippen LogP contribution in [0.15, 0.2) is 78.9 Å². The van der Waals surface area contributed by atoms with E-state index in [0.717, 1.165) is 27.7 Å². The molecular formula is C22H17N3O2. The molecular weight excluding hydrogens is 338 g/mol. The summed E-state index contributed by atoms with van der Waals surface area (Å²) in [4.78, 5) is 12.7. The van der Waals surface area contributed by atoms with Crippen LogP contribution in [0.5, 0.6) is 5.88 Å². The van der Waals surface area contributed by atoms with Gasteiger partial charge in [-0.25, -0.2) is 0 Å². The first-order valence-corrected chi connectivity index (χ1v) is 8.52. The summed E-state index contributed by atoms with van der Waals surface area (Å²) in [5.41, 5.74) is 3.02. The summed E-state index contributed by atoms with van der Waals surface area (Å²) in [6.45, 7) is 0. The third kappa shape index (κ3) is 3.48. The Labute approximate surface area is 156 Å². The first kappa shape index (κ1) is 16.7. The number of nitrogens with zero attached hydrogens (tertiary/aromatic N) is 2. The summed E-state index contributed by atoms with van der Waals surface area (Å²) in [7, 11) is 1.55. The summed E-state index contributed by atoms with van der Waals surface area (Å²) in [6.07, 6.45) is 0. The normalized spacial score (nSPS) is 10.6. The van der Waals surface area contributed by atoms with Crippen LogP contribution < -0.4 is 10.1 Å². The summed E-state index contributed by atoms with van der Waals surface area (Å²) in [6, 6.07) is 24.7. The Kier molecular flexibility index (Phi) is 4.49. The van der Waals surface area contributed by atoms with E-state index in [1.807, 2.05) is 72.8 Å². The average molecular weight is 355 g/mol. The summed E-state index contributed by atoms with van der Waals surface area (Å²) in [5, 5.41) is 13.0. The Morgan fingerprint density at radius 2 is 1.63 bits per heavy atom. The van der Waals surface area contributed by atoms with Gasteiger partial charge in [0.25, 0.3) is 5.91 Å². The van der Waals surface area contributed by atoms with Crippen LogP contribution >= 0.6 is 0 Å². The number of benzene rings is 3. The zero-order chi connectivity index (χ0) is 18.6. The number of carbonyl (C=O) groups excluding carboxylic acids is 1. The van der Waals surface area contributed by atoms with Gasteiger partial charge in [0, 0.05) is 22.9 Å². The van der Waals surface area contributed by atoms with E-state index in [0.29, 0.717) is 11.4 Å². The molecule has 0 spiro atoms. The van der Waals surface area contributed by atoms with Gasteiger partial charge in [0.05, 0.1) is 12.8 Å². The predicted octanol–water partition coefficient (Wildman–Crippen LogP) is 4.56. The van der Waals surface area contributed by atoms with E-state index in [2.05, 4.69) is 15.5 Å². The minimum atomic E-state index is -0.135. The van der Waals surface area contributed by atoms with Crippen molar-refractivity contribution >= 4 is 22.4 Å². The van der Waals surface area contributed by atoms with Crippen LogP contribution in [0, 0.1) is 0 Å². The number of fused-ring (bicyclic) bond motifs is 1. The number of hydrogen-bond donors (Lipinski definition) is 1. The van der Waals surface area contributed by atoms with Gasteiger partial charge in [-0.05, 0) is 35.0 Å². The molecule has 5 heteroatoms. The van der Waals surface area contributed by atoms with Crippen LogP contribution in [0.25, 0.3) is 22.0 Å². The molecule has 4 aromatic rings. The van der Waals surface area contributed by atoms with Crippen molar-refractivity contribution in [2.24, 2.45) is 0 Å². The average Bonchev–Trinajstić information content (AvgIpc) is 2.74. The predicted molar refractivity (Wildman–Crippen MR) is 106 cm³/mol. The van der Waals surface area contributed by atoms with Gasteiger partial charge in [0.15, 0.2) is 0 Å². The quantitative estimate of drug-likeness (QED) is 0.583. The zero-order valence-corrected chi connectivity index (χ0v) is 14.7. The minimum Gasteiger partial charge on any atom is -0.480 e. The lowest BCUT2D eigenvalue weighted by Gasteiger charge is -2.09. The second kappa shape index (κ2) is 7.25. The third-order valence-corrected chi connectivity index (χ3v) is 4.32. The molecule has 0 fully saturated rings. The first-order valence-electron chi connectivity index (χ1n) is 8.52. The summed E-state index contributed by atoms with van der Waals surface area (Å²) >= 11 is 0. The van der Waals surface area contributed by atoms with E-state index in [1.54, 1.807) is 13.2 Å². The SMILES string of the molecule is COc1ccc(-c2ccc(NC(=O)c3cccc4ccccc34)cc2)nn1. The fourth-order valence-corrected chi connectivity index (χ4v) is 2.93. The Hall–Kier alpha value is -3.73. The summed E-state index contributed by atoms with van der Waals surface area (Å²) < 4.78 is 5.02. The molecule has 0 aliphatic rings. The molecule has 0 bridgehead atoms. The molecule has 1 aromatic heterocycles. The van der Waals surface area contributed by atoms with Crippen molar-refractivity contribution in [3.63, 3.8) is 0 Å². The molecule has 1 amide bonds. The van der Waals surface area contributed by atoms with Gasteiger partial charge in [0.1, 0.15) is 0 Å². The van der Waals surface area contributed by atoms with E-state index in [1.165, 1.54) is 0 Å². The number of nitrogens with one attached hydrogen (secondary N) is 1. The van der Waals surface area contributed by atoms with Crippen LogP contribution in [0.3, 0.4) is 0 Å². The van der Waals surface area contributed by atoms with Gasteiger partial charge < -0.3 is 10.1 Å². The molecule has 3 aromatic carbocycles. The number of rotatable bonds is 4. The molecule has 5 nitrogen and oxygen atoms in total.